The molecule has 0 amide bonds. The highest BCUT2D eigenvalue weighted by atomic mass is 79.9. The number of ether oxygens (including phenoxy) is 1. The second-order valence-corrected chi connectivity index (χ2v) is 9.31. The summed E-state index contributed by atoms with van der Waals surface area (Å²) in [6.45, 7) is 6.41. The van der Waals surface area contributed by atoms with Crippen LogP contribution < -0.4 is 4.74 Å². The first-order valence-electron chi connectivity index (χ1n) is 10.5. The fourth-order valence-electron chi connectivity index (χ4n) is 4.16. The Morgan fingerprint density at radius 3 is 2.93 bits per heavy atom. The molecule has 0 radical (unpaired) electrons. The molecule has 3 heterocycles. The van der Waals surface area contributed by atoms with Gasteiger partial charge in [-0.15, -0.1) is 5.10 Å². The van der Waals surface area contributed by atoms with Crippen molar-refractivity contribution in [3.63, 3.8) is 0 Å². The van der Waals surface area contributed by atoms with Gasteiger partial charge < -0.3 is 4.74 Å². The van der Waals surface area contributed by atoms with E-state index >= 15 is 0 Å². The lowest BCUT2D eigenvalue weighted by atomic mass is 10.00. The molecule has 1 unspecified atom stereocenters. The minimum atomic E-state index is 0.663. The van der Waals surface area contributed by atoms with E-state index in [0.717, 1.165) is 64.8 Å². The lowest BCUT2D eigenvalue weighted by molar-refractivity contribution is 0.175. The summed E-state index contributed by atoms with van der Waals surface area (Å²) in [6, 6.07) is 8.13. The minimum absolute atomic E-state index is 0.663. The molecule has 0 spiro atoms. The molecule has 2 fully saturated rings. The fraction of sp³-hybridized carbons (Fsp3) is 0.500. The Bertz CT molecular complexity index is 1020. The third kappa shape index (κ3) is 4.16. The maximum atomic E-state index is 6.26. The maximum Gasteiger partial charge on any atom is 0.223 e. The molecule has 0 N–H and O–H groups in total. The number of hydrogen-bond donors (Lipinski definition) is 0. The van der Waals surface area contributed by atoms with Gasteiger partial charge in [-0.1, -0.05) is 18.2 Å². The Morgan fingerprint density at radius 2 is 2.10 bits per heavy atom. The smallest absolute Gasteiger partial charge is 0.223 e. The van der Waals surface area contributed by atoms with Crippen LogP contribution in [0.5, 0.6) is 11.6 Å². The number of hydrogen-bond acceptors (Lipinski definition) is 5. The Kier molecular flexibility index (Phi) is 5.26. The predicted molar refractivity (Wildman–Crippen MR) is 116 cm³/mol. The lowest BCUT2D eigenvalue weighted by Crippen LogP contribution is -2.33. The molecule has 5 rings (SSSR count). The standard InChI is InChI=1S/C22H26BrN5O/c1-15-4-3-11-27(12-15)14-17-5-2-10-24-22(17)29-19-9-8-18-21(20(19)23)25-26-28(18)13-16-6-7-16/h2,5,8-10,15-16H,3-4,6-7,11-14H2,1H3. The fourth-order valence-corrected chi connectivity index (χ4v) is 4.65. The highest BCUT2D eigenvalue weighted by molar-refractivity contribution is 9.10. The van der Waals surface area contributed by atoms with Gasteiger partial charge in [-0.05, 0) is 78.2 Å². The number of benzene rings is 1. The number of fused-ring (bicyclic) bond motifs is 1. The molecule has 0 bridgehead atoms. The largest absolute Gasteiger partial charge is 0.437 e. The zero-order valence-corrected chi connectivity index (χ0v) is 18.3. The summed E-state index contributed by atoms with van der Waals surface area (Å²) in [4.78, 5) is 7.02. The molecule has 1 aromatic carbocycles. The molecule has 6 nitrogen and oxygen atoms in total. The van der Waals surface area contributed by atoms with Crippen LogP contribution in [-0.2, 0) is 13.1 Å². The van der Waals surface area contributed by atoms with E-state index in [1.54, 1.807) is 6.20 Å². The third-order valence-corrected chi connectivity index (χ3v) is 6.68. The summed E-state index contributed by atoms with van der Waals surface area (Å²) in [6.07, 6.45) is 6.96. The zero-order chi connectivity index (χ0) is 19.8. The average Bonchev–Trinajstić information content (AvgIpc) is 3.44. The Balaban J connectivity index is 1.38. The molecular formula is C22H26BrN5O. The molecular weight excluding hydrogens is 430 g/mol. The van der Waals surface area contributed by atoms with Crippen LogP contribution in [0.3, 0.4) is 0 Å². The van der Waals surface area contributed by atoms with E-state index in [2.05, 4.69) is 49.1 Å². The van der Waals surface area contributed by atoms with Crippen LogP contribution in [0.2, 0.25) is 0 Å². The van der Waals surface area contributed by atoms with Crippen LogP contribution in [0.25, 0.3) is 11.0 Å². The quantitative estimate of drug-likeness (QED) is 0.521. The number of halogens is 1. The molecule has 1 saturated heterocycles. The van der Waals surface area contributed by atoms with Crippen LogP contribution in [-0.4, -0.2) is 38.0 Å². The number of nitrogens with zero attached hydrogens (tertiary/aromatic N) is 5. The van der Waals surface area contributed by atoms with Gasteiger partial charge >= 0.3 is 0 Å². The van der Waals surface area contributed by atoms with Gasteiger partial charge in [-0.25, -0.2) is 9.67 Å². The number of likely N-dealkylation sites (tertiary alicyclic amines) is 1. The van der Waals surface area contributed by atoms with Gasteiger partial charge in [0.15, 0.2) is 0 Å². The van der Waals surface area contributed by atoms with Crippen LogP contribution in [0.4, 0.5) is 0 Å². The normalized spacial score (nSPS) is 20.3. The molecule has 1 atom stereocenters. The topological polar surface area (TPSA) is 56.1 Å². The van der Waals surface area contributed by atoms with Gasteiger partial charge in [-0.2, -0.15) is 0 Å². The van der Waals surface area contributed by atoms with Crippen molar-refractivity contribution >= 4 is 27.0 Å². The van der Waals surface area contributed by atoms with E-state index in [0.29, 0.717) is 5.88 Å². The first kappa shape index (κ1) is 19.0. The van der Waals surface area contributed by atoms with E-state index in [9.17, 15) is 0 Å². The monoisotopic (exact) mass is 455 g/mol. The first-order valence-corrected chi connectivity index (χ1v) is 11.3. The number of rotatable bonds is 6. The SMILES string of the molecule is CC1CCCN(Cc2cccnc2Oc2ccc3c(nnn3CC3CC3)c2Br)C1. The van der Waals surface area contributed by atoms with Gasteiger partial charge in [0, 0.05) is 31.4 Å². The van der Waals surface area contributed by atoms with Gasteiger partial charge in [0.2, 0.25) is 5.88 Å². The van der Waals surface area contributed by atoms with Crippen molar-refractivity contribution in [2.24, 2.45) is 11.8 Å². The van der Waals surface area contributed by atoms with E-state index in [1.165, 1.54) is 25.7 Å². The van der Waals surface area contributed by atoms with Gasteiger partial charge in [0.25, 0.3) is 0 Å². The Morgan fingerprint density at radius 1 is 1.21 bits per heavy atom. The van der Waals surface area contributed by atoms with E-state index in [-0.39, 0.29) is 0 Å². The van der Waals surface area contributed by atoms with Crippen molar-refractivity contribution in [2.45, 2.75) is 45.7 Å². The molecule has 1 aliphatic carbocycles. The number of pyridine rings is 1. The van der Waals surface area contributed by atoms with E-state index in [4.69, 9.17) is 4.74 Å². The lowest BCUT2D eigenvalue weighted by Gasteiger charge is -2.31. The summed E-state index contributed by atoms with van der Waals surface area (Å²) in [5.74, 6) is 2.89. The summed E-state index contributed by atoms with van der Waals surface area (Å²) >= 11 is 3.69. The van der Waals surface area contributed by atoms with Crippen molar-refractivity contribution < 1.29 is 4.74 Å². The van der Waals surface area contributed by atoms with Crippen LogP contribution in [0.15, 0.2) is 34.9 Å². The third-order valence-electron chi connectivity index (χ3n) is 5.91. The van der Waals surface area contributed by atoms with Crippen molar-refractivity contribution in [1.82, 2.24) is 24.9 Å². The highest BCUT2D eigenvalue weighted by Gasteiger charge is 2.24. The Hall–Kier alpha value is -1.99. The molecule has 29 heavy (non-hydrogen) atoms. The first-order chi connectivity index (χ1) is 14.2. The second kappa shape index (κ2) is 8.03. The van der Waals surface area contributed by atoms with Crippen LogP contribution in [0.1, 0.15) is 38.2 Å². The molecule has 1 aliphatic heterocycles. The average molecular weight is 456 g/mol. The van der Waals surface area contributed by atoms with Crippen LogP contribution >= 0.6 is 15.9 Å². The second-order valence-electron chi connectivity index (χ2n) is 8.51. The van der Waals surface area contributed by atoms with Crippen molar-refractivity contribution in [3.05, 3.63) is 40.5 Å². The molecule has 7 heteroatoms. The summed E-state index contributed by atoms with van der Waals surface area (Å²) in [5, 5.41) is 8.73. The van der Waals surface area contributed by atoms with Gasteiger partial charge in [0.05, 0.1) is 9.99 Å². The maximum absolute atomic E-state index is 6.26. The van der Waals surface area contributed by atoms with Crippen molar-refractivity contribution in [2.75, 3.05) is 13.1 Å². The van der Waals surface area contributed by atoms with Crippen molar-refractivity contribution in [3.8, 4) is 11.6 Å². The van der Waals surface area contributed by atoms with Crippen LogP contribution in [0, 0.1) is 11.8 Å². The highest BCUT2D eigenvalue weighted by Crippen LogP contribution is 2.37. The Labute approximate surface area is 179 Å². The molecule has 2 aliphatic rings. The summed E-state index contributed by atoms with van der Waals surface area (Å²) in [7, 11) is 0. The number of piperidine rings is 1. The molecule has 3 aromatic rings. The summed E-state index contributed by atoms with van der Waals surface area (Å²) < 4.78 is 9.10. The van der Waals surface area contributed by atoms with Crippen molar-refractivity contribution in [1.29, 1.82) is 0 Å². The number of aromatic nitrogens is 4. The van der Waals surface area contributed by atoms with Gasteiger partial charge in [0.1, 0.15) is 11.3 Å². The van der Waals surface area contributed by atoms with E-state index in [1.807, 2.05) is 22.9 Å². The summed E-state index contributed by atoms with van der Waals surface area (Å²) in [5.41, 5.74) is 3.00. The minimum Gasteiger partial charge on any atom is -0.437 e. The van der Waals surface area contributed by atoms with Gasteiger partial charge in [-0.3, -0.25) is 4.90 Å². The molecule has 152 valence electrons. The van der Waals surface area contributed by atoms with E-state index < -0.39 is 0 Å². The predicted octanol–water partition coefficient (Wildman–Crippen LogP) is 5.02. The zero-order valence-electron chi connectivity index (χ0n) is 16.7. The molecule has 2 aromatic heterocycles. The molecule has 1 saturated carbocycles.